The van der Waals surface area contributed by atoms with Crippen molar-refractivity contribution in [3.63, 3.8) is 0 Å². The third-order valence-corrected chi connectivity index (χ3v) is 4.75. The number of piperidine rings is 1. The molecule has 8 heteroatoms. The van der Waals surface area contributed by atoms with Gasteiger partial charge in [0, 0.05) is 18.7 Å². The van der Waals surface area contributed by atoms with Gasteiger partial charge >= 0.3 is 0 Å². The van der Waals surface area contributed by atoms with E-state index >= 15 is 0 Å². The average molecular weight is 346 g/mol. The summed E-state index contributed by atoms with van der Waals surface area (Å²) in [4.78, 5) is 22.0. The monoisotopic (exact) mass is 346 g/mol. The number of carbonyl (C=O) groups excluding carboxylic acids is 1. The third-order valence-electron chi connectivity index (χ3n) is 4.75. The average Bonchev–Trinajstić information content (AvgIpc) is 3.35. The molecule has 0 radical (unpaired) electrons. The molecule has 7 nitrogen and oxygen atoms in total. The van der Waals surface area contributed by atoms with Gasteiger partial charge < -0.3 is 14.5 Å². The number of aliphatic hydroxyl groups is 1. The summed E-state index contributed by atoms with van der Waals surface area (Å²) in [7, 11) is 0. The van der Waals surface area contributed by atoms with Crippen LogP contribution in [0.1, 0.15) is 53.7 Å². The molecule has 1 aliphatic heterocycles. The zero-order valence-electron chi connectivity index (χ0n) is 13.7. The number of hydrogen-bond donors (Lipinski definition) is 1. The van der Waals surface area contributed by atoms with Crippen molar-refractivity contribution >= 4 is 5.91 Å². The maximum atomic E-state index is 13.8. The first-order chi connectivity index (χ1) is 12.0. The number of pyridine rings is 1. The highest BCUT2D eigenvalue weighted by Crippen LogP contribution is 2.38. The molecule has 1 saturated carbocycles. The zero-order chi connectivity index (χ0) is 17.4. The molecule has 0 aromatic carbocycles. The lowest BCUT2D eigenvalue weighted by molar-refractivity contribution is -0.0287. The standard InChI is InChI=1S/C17H19FN4O3/c18-13-9-19-6-4-12(13)16(23)22-7-1-5-17(24,10-22)8-14-20-15(21-25-14)11-2-3-11/h4,6,9,11,24H,1-3,5,7-8,10H2. The molecular weight excluding hydrogens is 327 g/mol. The van der Waals surface area contributed by atoms with Crippen LogP contribution in [-0.4, -0.2) is 49.7 Å². The fourth-order valence-electron chi connectivity index (χ4n) is 3.28. The Morgan fingerprint density at radius 1 is 1.48 bits per heavy atom. The van der Waals surface area contributed by atoms with E-state index in [0.717, 1.165) is 19.0 Å². The fraction of sp³-hybridized carbons (Fsp3) is 0.529. The maximum Gasteiger partial charge on any atom is 0.257 e. The molecule has 1 amide bonds. The van der Waals surface area contributed by atoms with Crippen LogP contribution in [0.25, 0.3) is 0 Å². The molecule has 25 heavy (non-hydrogen) atoms. The molecule has 2 aromatic heterocycles. The number of nitrogens with zero attached hydrogens (tertiary/aromatic N) is 4. The second kappa shape index (κ2) is 6.18. The largest absolute Gasteiger partial charge is 0.388 e. The van der Waals surface area contributed by atoms with Crippen molar-refractivity contribution in [2.45, 2.75) is 43.6 Å². The van der Waals surface area contributed by atoms with E-state index in [9.17, 15) is 14.3 Å². The first-order valence-electron chi connectivity index (χ1n) is 8.48. The molecule has 2 aliphatic rings. The quantitative estimate of drug-likeness (QED) is 0.906. The van der Waals surface area contributed by atoms with Crippen LogP contribution < -0.4 is 0 Å². The van der Waals surface area contributed by atoms with Gasteiger partial charge in [-0.25, -0.2) is 4.39 Å². The number of likely N-dealkylation sites (tertiary alicyclic amines) is 1. The fourth-order valence-corrected chi connectivity index (χ4v) is 3.28. The lowest BCUT2D eigenvalue weighted by Gasteiger charge is -2.38. The van der Waals surface area contributed by atoms with Gasteiger partial charge in [-0.1, -0.05) is 5.16 Å². The second-order valence-electron chi connectivity index (χ2n) is 6.91. The maximum absolute atomic E-state index is 13.8. The molecule has 1 atom stereocenters. The van der Waals surface area contributed by atoms with E-state index in [1.807, 2.05) is 0 Å². The Kier molecular flexibility index (Phi) is 3.99. The Labute approximate surface area is 143 Å². The molecule has 132 valence electrons. The third kappa shape index (κ3) is 3.39. The van der Waals surface area contributed by atoms with Gasteiger partial charge in [0.25, 0.3) is 5.91 Å². The van der Waals surface area contributed by atoms with Gasteiger partial charge in [-0.15, -0.1) is 0 Å². The lowest BCUT2D eigenvalue weighted by Crippen LogP contribution is -2.51. The van der Waals surface area contributed by atoms with E-state index in [0.29, 0.717) is 37.0 Å². The highest BCUT2D eigenvalue weighted by Gasteiger charge is 2.38. The Hall–Kier alpha value is -2.35. The van der Waals surface area contributed by atoms with Gasteiger partial charge in [0.05, 0.1) is 30.3 Å². The SMILES string of the molecule is O=C(c1ccncc1F)N1CCCC(O)(Cc2nc(C3CC3)no2)C1. The number of carbonyl (C=O) groups is 1. The summed E-state index contributed by atoms with van der Waals surface area (Å²) in [6.45, 7) is 0.578. The minimum atomic E-state index is -1.15. The summed E-state index contributed by atoms with van der Waals surface area (Å²) in [5, 5.41) is 14.8. The summed E-state index contributed by atoms with van der Waals surface area (Å²) < 4.78 is 19.1. The van der Waals surface area contributed by atoms with E-state index in [4.69, 9.17) is 4.52 Å². The predicted octanol–water partition coefficient (Wildman–Crippen LogP) is 1.69. The topological polar surface area (TPSA) is 92.4 Å². The summed E-state index contributed by atoms with van der Waals surface area (Å²) in [6.07, 6.45) is 5.88. The van der Waals surface area contributed by atoms with Crippen LogP contribution in [-0.2, 0) is 6.42 Å². The van der Waals surface area contributed by atoms with Gasteiger partial charge in [-0.3, -0.25) is 9.78 Å². The van der Waals surface area contributed by atoms with Crippen LogP contribution in [0.15, 0.2) is 23.0 Å². The molecule has 0 spiro atoms. The van der Waals surface area contributed by atoms with Crippen molar-refractivity contribution < 1.29 is 18.8 Å². The second-order valence-corrected chi connectivity index (χ2v) is 6.91. The first kappa shape index (κ1) is 16.1. The molecular formula is C17H19FN4O3. The number of hydrogen-bond acceptors (Lipinski definition) is 6. The summed E-state index contributed by atoms with van der Waals surface area (Å²) in [5.41, 5.74) is -1.18. The van der Waals surface area contributed by atoms with Gasteiger partial charge in [0.1, 0.15) is 0 Å². The summed E-state index contributed by atoms with van der Waals surface area (Å²) >= 11 is 0. The number of halogens is 1. The van der Waals surface area contributed by atoms with Crippen LogP contribution >= 0.6 is 0 Å². The molecule has 4 rings (SSSR count). The van der Waals surface area contributed by atoms with Crippen molar-refractivity contribution in [3.05, 3.63) is 41.6 Å². The Morgan fingerprint density at radius 2 is 2.32 bits per heavy atom. The highest BCUT2D eigenvalue weighted by molar-refractivity contribution is 5.94. The Bertz CT molecular complexity index is 792. The smallest absolute Gasteiger partial charge is 0.257 e. The number of amides is 1. The van der Waals surface area contributed by atoms with E-state index in [-0.39, 0.29) is 18.5 Å². The molecule has 2 fully saturated rings. The van der Waals surface area contributed by atoms with Gasteiger partial charge in [-0.2, -0.15) is 4.98 Å². The van der Waals surface area contributed by atoms with E-state index in [2.05, 4.69) is 15.1 Å². The molecule has 3 heterocycles. The minimum Gasteiger partial charge on any atom is -0.388 e. The van der Waals surface area contributed by atoms with Crippen LogP contribution in [0.5, 0.6) is 0 Å². The van der Waals surface area contributed by atoms with Crippen LogP contribution in [0, 0.1) is 5.82 Å². The zero-order valence-corrected chi connectivity index (χ0v) is 13.7. The summed E-state index contributed by atoms with van der Waals surface area (Å²) in [6, 6.07) is 1.35. The molecule has 1 N–H and O–H groups in total. The number of β-amino-alcohol motifs (C(OH)–C–C–N with tert-alkyl or cyclic N) is 1. The van der Waals surface area contributed by atoms with Crippen molar-refractivity contribution in [1.29, 1.82) is 0 Å². The molecule has 0 bridgehead atoms. The minimum absolute atomic E-state index is 0.0342. The molecule has 1 aliphatic carbocycles. The van der Waals surface area contributed by atoms with Crippen molar-refractivity contribution in [3.8, 4) is 0 Å². The first-order valence-corrected chi connectivity index (χ1v) is 8.48. The van der Waals surface area contributed by atoms with Crippen LogP contribution in [0.4, 0.5) is 4.39 Å². The van der Waals surface area contributed by atoms with Gasteiger partial charge in [0.15, 0.2) is 11.6 Å². The van der Waals surface area contributed by atoms with Crippen molar-refractivity contribution in [1.82, 2.24) is 20.0 Å². The van der Waals surface area contributed by atoms with Crippen LogP contribution in [0.3, 0.4) is 0 Å². The molecule has 1 unspecified atom stereocenters. The highest BCUT2D eigenvalue weighted by atomic mass is 19.1. The van der Waals surface area contributed by atoms with E-state index in [1.165, 1.54) is 17.2 Å². The number of aromatic nitrogens is 3. The Morgan fingerprint density at radius 3 is 3.08 bits per heavy atom. The Balaban J connectivity index is 1.47. The van der Waals surface area contributed by atoms with Gasteiger partial charge in [0.2, 0.25) is 5.89 Å². The summed E-state index contributed by atoms with van der Waals surface area (Å²) in [5.74, 6) is 0.357. The van der Waals surface area contributed by atoms with E-state index in [1.54, 1.807) is 0 Å². The molecule has 1 saturated heterocycles. The van der Waals surface area contributed by atoms with Crippen LogP contribution in [0.2, 0.25) is 0 Å². The lowest BCUT2D eigenvalue weighted by atomic mass is 9.89. The van der Waals surface area contributed by atoms with Crippen molar-refractivity contribution in [2.24, 2.45) is 0 Å². The predicted molar refractivity (Wildman–Crippen MR) is 84.3 cm³/mol. The molecule has 2 aromatic rings. The van der Waals surface area contributed by atoms with E-state index < -0.39 is 17.3 Å². The number of rotatable bonds is 4. The van der Waals surface area contributed by atoms with Crippen molar-refractivity contribution in [2.75, 3.05) is 13.1 Å². The normalized spacial score (nSPS) is 23.7. The van der Waals surface area contributed by atoms with Gasteiger partial charge in [-0.05, 0) is 31.7 Å².